The monoisotopic (exact) mass is 688 g/mol. The van der Waals surface area contributed by atoms with E-state index >= 15 is 17.6 Å². The van der Waals surface area contributed by atoms with Gasteiger partial charge in [-0.1, -0.05) is 121 Å². The molecule has 0 atom stereocenters. The van der Waals surface area contributed by atoms with E-state index < -0.39 is 67.3 Å². The molecule has 6 nitrogen and oxygen atoms in total. The zero-order valence-corrected chi connectivity index (χ0v) is 26.9. The Morgan fingerprint density at radius 2 is 1.04 bits per heavy atom. The van der Waals surface area contributed by atoms with Crippen LogP contribution in [0, 0.1) is 23.3 Å². The maximum atomic E-state index is 16.1. The normalized spacial score (nSPS) is 13.2. The van der Waals surface area contributed by atoms with E-state index in [1.165, 1.54) is 0 Å². The van der Waals surface area contributed by atoms with E-state index in [4.69, 9.17) is 4.74 Å². The molecule has 5 aromatic carbocycles. The smallest absolute Gasteiger partial charge is 0.325 e. The molecule has 0 radical (unpaired) electrons. The van der Waals surface area contributed by atoms with Gasteiger partial charge >= 0.3 is 5.97 Å². The van der Waals surface area contributed by atoms with E-state index in [2.05, 4.69) is 4.84 Å². The molecule has 0 saturated carbocycles. The average molecular weight is 689 g/mol. The molecule has 1 aliphatic rings. The molecule has 0 N–H and O–H groups in total. The molecule has 1 fully saturated rings. The molecule has 1 heterocycles. The minimum absolute atomic E-state index is 0.0339. The van der Waals surface area contributed by atoms with Crippen LogP contribution in [0.15, 0.2) is 126 Å². The topological polar surface area (TPSA) is 76.0 Å². The van der Waals surface area contributed by atoms with Crippen molar-refractivity contribution >= 4 is 59.7 Å². The Morgan fingerprint density at radius 1 is 0.646 bits per heavy atom. The second-order valence-corrected chi connectivity index (χ2v) is 16.5. The number of nitrogens with zero attached hydrogens (tertiary/aromatic N) is 2. The van der Waals surface area contributed by atoms with Crippen molar-refractivity contribution in [2.75, 3.05) is 5.90 Å². The standard InChI is InChI=1S/C36H26F4N2O4P2/c37-31-30(36(45)46-42-28(43)21-22-29(42)44)32(38)34(40)35(33(31)39)41-48(26-17-9-3-10-18-26,27-19-11-4-12-20-27)23-47(24-13-5-1-6-14-24)25-15-7-2-8-16-25/h1-20H,21-23H2. The molecule has 12 heteroatoms. The molecule has 0 spiro atoms. The van der Waals surface area contributed by atoms with Crippen molar-refractivity contribution in [3.8, 4) is 0 Å². The van der Waals surface area contributed by atoms with Crippen molar-refractivity contribution in [2.24, 2.45) is 4.74 Å². The van der Waals surface area contributed by atoms with E-state index in [-0.39, 0.29) is 23.8 Å². The number of hydrogen-bond donors (Lipinski definition) is 0. The van der Waals surface area contributed by atoms with Crippen molar-refractivity contribution in [3.05, 3.63) is 150 Å². The fourth-order valence-corrected chi connectivity index (χ4v) is 13.6. The molecular weight excluding hydrogens is 662 g/mol. The van der Waals surface area contributed by atoms with Crippen molar-refractivity contribution in [3.63, 3.8) is 0 Å². The fourth-order valence-electron chi connectivity index (χ4n) is 5.39. The average Bonchev–Trinajstić information content (AvgIpc) is 3.44. The van der Waals surface area contributed by atoms with Gasteiger partial charge in [0.05, 0.1) is 0 Å². The van der Waals surface area contributed by atoms with Gasteiger partial charge in [-0.25, -0.2) is 22.4 Å². The minimum atomic E-state index is -3.36. The van der Waals surface area contributed by atoms with Gasteiger partial charge in [-0.05, 0) is 29.1 Å². The van der Waals surface area contributed by atoms with E-state index in [9.17, 15) is 14.4 Å². The molecule has 2 amide bonds. The Balaban J connectivity index is 1.60. The number of imide groups is 1. The molecule has 1 saturated heterocycles. The lowest BCUT2D eigenvalue weighted by atomic mass is 10.1. The van der Waals surface area contributed by atoms with Crippen LogP contribution in [0.2, 0.25) is 0 Å². The maximum absolute atomic E-state index is 16.1. The quantitative estimate of drug-likeness (QED) is 0.0721. The summed E-state index contributed by atoms with van der Waals surface area (Å²) < 4.78 is 68.2. The van der Waals surface area contributed by atoms with E-state index in [1.807, 2.05) is 60.7 Å². The zero-order chi connectivity index (χ0) is 33.8. The molecule has 0 aliphatic carbocycles. The Labute approximate surface area is 274 Å². The highest BCUT2D eigenvalue weighted by molar-refractivity contribution is 7.92. The maximum Gasteiger partial charge on any atom is 0.370 e. The number of rotatable bonds is 9. The lowest BCUT2D eigenvalue weighted by Gasteiger charge is -2.31. The Hall–Kier alpha value is -4.91. The van der Waals surface area contributed by atoms with Crippen molar-refractivity contribution in [1.82, 2.24) is 5.06 Å². The third-order valence-electron chi connectivity index (χ3n) is 7.74. The first-order valence-electron chi connectivity index (χ1n) is 14.8. The largest absolute Gasteiger partial charge is 0.370 e. The summed E-state index contributed by atoms with van der Waals surface area (Å²) in [6.45, 7) is 0. The molecule has 0 aromatic heterocycles. The van der Waals surface area contributed by atoms with E-state index in [0.717, 1.165) is 10.6 Å². The summed E-state index contributed by atoms with van der Waals surface area (Å²) >= 11 is 0. The van der Waals surface area contributed by atoms with Crippen molar-refractivity contribution in [1.29, 1.82) is 0 Å². The van der Waals surface area contributed by atoms with Crippen LogP contribution in [-0.4, -0.2) is 28.7 Å². The number of halogens is 4. The van der Waals surface area contributed by atoms with Gasteiger partial charge in [0.25, 0.3) is 11.8 Å². The van der Waals surface area contributed by atoms with Gasteiger partial charge in [0.1, 0.15) is 11.3 Å². The summed E-state index contributed by atoms with van der Waals surface area (Å²) in [7, 11) is -4.63. The Morgan fingerprint density at radius 3 is 1.46 bits per heavy atom. The number of carbonyl (C=O) groups excluding carboxylic acids is 3. The molecule has 0 unspecified atom stereocenters. The predicted octanol–water partition coefficient (Wildman–Crippen LogP) is 7.04. The third-order valence-corrected chi connectivity index (χ3v) is 15.2. The summed E-state index contributed by atoms with van der Waals surface area (Å²) in [4.78, 5) is 41.1. The fraction of sp³-hybridized carbons (Fsp3) is 0.0833. The molecular formula is C36H26F4N2O4P2. The number of carbonyl (C=O) groups is 3. The highest BCUT2D eigenvalue weighted by atomic mass is 31.2. The number of benzene rings is 5. The number of hydroxylamine groups is 2. The van der Waals surface area contributed by atoms with Gasteiger partial charge < -0.3 is 4.84 Å². The van der Waals surface area contributed by atoms with Crippen LogP contribution in [0.25, 0.3) is 0 Å². The summed E-state index contributed by atoms with van der Waals surface area (Å²) in [5.41, 5.74) is -2.96. The summed E-state index contributed by atoms with van der Waals surface area (Å²) in [6.07, 6.45) is -0.590. The Kier molecular flexibility index (Phi) is 9.67. The van der Waals surface area contributed by atoms with Crippen LogP contribution in [0.4, 0.5) is 23.2 Å². The highest BCUT2D eigenvalue weighted by Gasteiger charge is 2.38. The predicted molar refractivity (Wildman–Crippen MR) is 178 cm³/mol. The minimum Gasteiger partial charge on any atom is -0.325 e. The second kappa shape index (κ2) is 14.1. The number of hydrogen-bond acceptors (Lipinski definition) is 5. The van der Waals surface area contributed by atoms with Crippen LogP contribution in [0.3, 0.4) is 0 Å². The van der Waals surface area contributed by atoms with Gasteiger partial charge in [0, 0.05) is 25.8 Å². The Bertz CT molecular complexity index is 1920. The second-order valence-electron chi connectivity index (χ2n) is 10.7. The summed E-state index contributed by atoms with van der Waals surface area (Å²) in [5.74, 6) is -11.5. The zero-order valence-electron chi connectivity index (χ0n) is 25.1. The summed E-state index contributed by atoms with van der Waals surface area (Å²) in [6, 6.07) is 36.8. The van der Waals surface area contributed by atoms with E-state index in [0.29, 0.717) is 10.6 Å². The number of amides is 2. The van der Waals surface area contributed by atoms with Crippen molar-refractivity contribution < 1.29 is 36.8 Å². The van der Waals surface area contributed by atoms with Crippen LogP contribution < -0.4 is 21.2 Å². The van der Waals surface area contributed by atoms with Crippen LogP contribution in [-0.2, 0) is 14.4 Å². The van der Waals surface area contributed by atoms with Crippen LogP contribution in [0.5, 0.6) is 0 Å². The highest BCUT2D eigenvalue weighted by Crippen LogP contribution is 2.59. The van der Waals surface area contributed by atoms with Crippen LogP contribution in [0.1, 0.15) is 23.2 Å². The lowest BCUT2D eigenvalue weighted by Crippen LogP contribution is -2.33. The van der Waals surface area contributed by atoms with Gasteiger partial charge in [-0.15, -0.1) is 5.06 Å². The lowest BCUT2D eigenvalue weighted by molar-refractivity contribution is -0.172. The first-order valence-corrected chi connectivity index (χ1v) is 18.2. The molecule has 5 aromatic rings. The van der Waals surface area contributed by atoms with E-state index in [1.54, 1.807) is 60.7 Å². The third kappa shape index (κ3) is 6.34. The van der Waals surface area contributed by atoms with Crippen molar-refractivity contribution in [2.45, 2.75) is 12.8 Å². The van der Waals surface area contributed by atoms with Gasteiger partial charge in [0.15, 0.2) is 23.3 Å². The first kappa shape index (κ1) is 33.0. The molecule has 6 rings (SSSR count). The van der Waals surface area contributed by atoms with Gasteiger partial charge in [0.2, 0.25) is 0 Å². The summed E-state index contributed by atoms with van der Waals surface area (Å²) in [5, 5.41) is 3.14. The molecule has 1 aliphatic heterocycles. The molecule has 48 heavy (non-hydrogen) atoms. The molecule has 0 bridgehead atoms. The van der Waals surface area contributed by atoms with Gasteiger partial charge in [-0.3, -0.25) is 14.3 Å². The molecule has 242 valence electrons. The SMILES string of the molecule is O=C(ON1C(=O)CCC1=O)c1c(F)c(F)c(N=P(CP(c2ccccc2)c2ccccc2)(c2ccccc2)c2ccccc2)c(F)c1F. The first-order chi connectivity index (χ1) is 23.2. The van der Waals surface area contributed by atoms with Crippen LogP contribution >= 0.6 is 15.0 Å². The van der Waals surface area contributed by atoms with Gasteiger partial charge in [-0.2, -0.15) is 0 Å².